The van der Waals surface area contributed by atoms with E-state index in [0.29, 0.717) is 10.7 Å². The summed E-state index contributed by atoms with van der Waals surface area (Å²) in [6, 6.07) is 3.90. The average molecular weight is 320 g/mol. The number of nitrogens with one attached hydrogen (secondary N) is 1. The average Bonchev–Trinajstić information content (AvgIpc) is 2.77. The molecule has 0 spiro atoms. The molecule has 1 saturated carbocycles. The number of amides is 1. The van der Waals surface area contributed by atoms with E-state index in [-0.39, 0.29) is 11.9 Å². The molecule has 2 aromatic heterocycles. The molecule has 0 radical (unpaired) electrons. The molecule has 0 bridgehead atoms. The van der Waals surface area contributed by atoms with Crippen LogP contribution in [-0.4, -0.2) is 21.3 Å². The molecule has 1 aliphatic rings. The van der Waals surface area contributed by atoms with Gasteiger partial charge in [-0.15, -0.1) is 0 Å². The number of hydrogen-bond donors (Lipinski definition) is 1. The largest absolute Gasteiger partial charge is 0.348 e. The van der Waals surface area contributed by atoms with Crippen molar-refractivity contribution < 1.29 is 4.79 Å². The smallest absolute Gasteiger partial charge is 0.270 e. The second-order valence-corrected chi connectivity index (χ2v) is 6.57. The Hall–Kier alpha value is -1.55. The first-order valence-corrected chi connectivity index (χ1v) is 8.48. The molecular formula is C17H22ClN3O. The number of fused-ring (bicyclic) bond motifs is 1. The number of hydrogen-bond acceptors (Lipinski definition) is 2. The highest BCUT2D eigenvalue weighted by Gasteiger charge is 2.20. The Morgan fingerprint density at radius 1 is 1.23 bits per heavy atom. The molecule has 0 saturated heterocycles. The van der Waals surface area contributed by atoms with Gasteiger partial charge in [-0.1, -0.05) is 43.7 Å². The third kappa shape index (κ3) is 3.27. The number of aryl methyl sites for hydroxylation is 1. The van der Waals surface area contributed by atoms with Crippen LogP contribution in [0.1, 0.15) is 61.1 Å². The van der Waals surface area contributed by atoms with Crippen molar-refractivity contribution >= 4 is 23.2 Å². The van der Waals surface area contributed by atoms with Crippen LogP contribution in [0.4, 0.5) is 0 Å². The van der Waals surface area contributed by atoms with Crippen molar-refractivity contribution in [3.8, 4) is 0 Å². The SMILES string of the molecule is Cc1nc2ccc(Cl)cn2c1C(=O)NC1CCCCCCC1. The Labute approximate surface area is 135 Å². The van der Waals surface area contributed by atoms with Crippen molar-refractivity contribution in [2.75, 3.05) is 0 Å². The highest BCUT2D eigenvalue weighted by atomic mass is 35.5. The van der Waals surface area contributed by atoms with Gasteiger partial charge in [-0.25, -0.2) is 4.98 Å². The summed E-state index contributed by atoms with van der Waals surface area (Å²) in [5.74, 6) is -0.0437. The number of carbonyl (C=O) groups excluding carboxylic acids is 1. The van der Waals surface area contributed by atoms with Gasteiger partial charge in [0.25, 0.3) is 5.91 Å². The van der Waals surface area contributed by atoms with E-state index < -0.39 is 0 Å². The molecule has 5 heteroatoms. The normalized spacial score (nSPS) is 17.2. The molecular weight excluding hydrogens is 298 g/mol. The molecule has 1 N–H and O–H groups in total. The summed E-state index contributed by atoms with van der Waals surface area (Å²) in [5.41, 5.74) is 2.09. The molecule has 4 nitrogen and oxygen atoms in total. The lowest BCUT2D eigenvalue weighted by atomic mass is 9.96. The summed E-state index contributed by atoms with van der Waals surface area (Å²) in [6.45, 7) is 1.87. The lowest BCUT2D eigenvalue weighted by Gasteiger charge is -2.21. The van der Waals surface area contributed by atoms with E-state index in [1.165, 1.54) is 32.1 Å². The van der Waals surface area contributed by atoms with Crippen molar-refractivity contribution in [1.82, 2.24) is 14.7 Å². The van der Waals surface area contributed by atoms with Crippen molar-refractivity contribution in [3.05, 3.63) is 34.7 Å². The van der Waals surface area contributed by atoms with Gasteiger partial charge < -0.3 is 5.32 Å². The van der Waals surface area contributed by atoms with Gasteiger partial charge in [0.15, 0.2) is 0 Å². The highest BCUT2D eigenvalue weighted by molar-refractivity contribution is 6.30. The third-order valence-corrected chi connectivity index (χ3v) is 4.64. The van der Waals surface area contributed by atoms with Crippen LogP contribution in [-0.2, 0) is 0 Å². The zero-order valence-corrected chi connectivity index (χ0v) is 13.7. The molecule has 3 rings (SSSR count). The summed E-state index contributed by atoms with van der Waals surface area (Å²) >= 11 is 6.06. The zero-order valence-electron chi connectivity index (χ0n) is 12.9. The maximum absolute atomic E-state index is 12.7. The predicted molar refractivity (Wildman–Crippen MR) is 88.5 cm³/mol. The highest BCUT2D eigenvalue weighted by Crippen LogP contribution is 2.19. The number of pyridine rings is 1. The summed E-state index contributed by atoms with van der Waals surface area (Å²) in [4.78, 5) is 17.1. The molecule has 0 atom stereocenters. The lowest BCUT2D eigenvalue weighted by molar-refractivity contribution is 0.0924. The van der Waals surface area contributed by atoms with Gasteiger partial charge in [-0.05, 0) is 31.9 Å². The summed E-state index contributed by atoms with van der Waals surface area (Å²) in [6.07, 6.45) is 10.2. The van der Waals surface area contributed by atoms with E-state index in [1.54, 1.807) is 16.7 Å². The molecule has 118 valence electrons. The number of halogens is 1. The Kier molecular flexibility index (Phi) is 4.67. The van der Waals surface area contributed by atoms with Gasteiger partial charge >= 0.3 is 0 Å². The predicted octanol–water partition coefficient (Wildman–Crippen LogP) is 4.14. The summed E-state index contributed by atoms with van der Waals surface area (Å²) in [5, 5.41) is 3.80. The van der Waals surface area contributed by atoms with Gasteiger partial charge in [0.05, 0.1) is 10.7 Å². The quantitative estimate of drug-likeness (QED) is 0.904. The van der Waals surface area contributed by atoms with E-state index in [2.05, 4.69) is 10.3 Å². The van der Waals surface area contributed by atoms with Crippen LogP contribution in [0.15, 0.2) is 18.3 Å². The van der Waals surface area contributed by atoms with E-state index in [9.17, 15) is 4.79 Å². The molecule has 1 aliphatic carbocycles. The van der Waals surface area contributed by atoms with Crippen LogP contribution in [0.3, 0.4) is 0 Å². The first kappa shape index (κ1) is 15.3. The third-order valence-electron chi connectivity index (χ3n) is 4.41. The number of aromatic nitrogens is 2. The first-order chi connectivity index (χ1) is 10.6. The minimum atomic E-state index is -0.0437. The Bertz CT molecular complexity index is 672. The van der Waals surface area contributed by atoms with Gasteiger partial charge in [-0.3, -0.25) is 9.20 Å². The fourth-order valence-corrected chi connectivity index (χ4v) is 3.42. The van der Waals surface area contributed by atoms with Crippen molar-refractivity contribution in [3.63, 3.8) is 0 Å². The second-order valence-electron chi connectivity index (χ2n) is 6.14. The molecule has 0 unspecified atom stereocenters. The topological polar surface area (TPSA) is 46.4 Å². The van der Waals surface area contributed by atoms with Gasteiger partial charge in [0.2, 0.25) is 0 Å². The van der Waals surface area contributed by atoms with Crippen LogP contribution in [0.25, 0.3) is 5.65 Å². The van der Waals surface area contributed by atoms with E-state index in [1.807, 2.05) is 13.0 Å². The number of imidazole rings is 1. The molecule has 0 aliphatic heterocycles. The minimum absolute atomic E-state index is 0.0437. The van der Waals surface area contributed by atoms with Gasteiger partial charge in [-0.2, -0.15) is 0 Å². The molecule has 1 amide bonds. The minimum Gasteiger partial charge on any atom is -0.348 e. The van der Waals surface area contributed by atoms with Crippen molar-refractivity contribution in [2.45, 2.75) is 57.9 Å². The van der Waals surface area contributed by atoms with Crippen LogP contribution in [0.5, 0.6) is 0 Å². The van der Waals surface area contributed by atoms with Crippen molar-refractivity contribution in [2.24, 2.45) is 0 Å². The second kappa shape index (κ2) is 6.69. The Morgan fingerprint density at radius 3 is 2.64 bits per heavy atom. The van der Waals surface area contributed by atoms with Gasteiger partial charge in [0, 0.05) is 12.2 Å². The summed E-state index contributed by atoms with van der Waals surface area (Å²) < 4.78 is 1.79. The molecule has 1 fully saturated rings. The zero-order chi connectivity index (χ0) is 15.5. The van der Waals surface area contributed by atoms with Crippen molar-refractivity contribution in [1.29, 1.82) is 0 Å². The van der Waals surface area contributed by atoms with E-state index >= 15 is 0 Å². The van der Waals surface area contributed by atoms with Crippen LogP contribution in [0.2, 0.25) is 5.02 Å². The van der Waals surface area contributed by atoms with E-state index in [0.717, 1.165) is 24.2 Å². The maximum atomic E-state index is 12.7. The number of nitrogens with zero attached hydrogens (tertiary/aromatic N) is 2. The molecule has 0 aromatic carbocycles. The fraction of sp³-hybridized carbons (Fsp3) is 0.529. The number of carbonyl (C=O) groups is 1. The van der Waals surface area contributed by atoms with Crippen LogP contribution >= 0.6 is 11.6 Å². The van der Waals surface area contributed by atoms with Crippen LogP contribution < -0.4 is 5.32 Å². The first-order valence-electron chi connectivity index (χ1n) is 8.10. The molecule has 2 aromatic rings. The Balaban J connectivity index is 1.82. The standard InChI is InChI=1S/C17H22ClN3O/c1-12-16(21-11-13(18)9-10-15(21)19-12)17(22)20-14-7-5-3-2-4-6-8-14/h9-11,14H,2-8H2,1H3,(H,20,22). The monoisotopic (exact) mass is 319 g/mol. The molecule has 2 heterocycles. The fourth-order valence-electron chi connectivity index (χ4n) is 3.26. The number of rotatable bonds is 2. The molecule has 22 heavy (non-hydrogen) atoms. The maximum Gasteiger partial charge on any atom is 0.270 e. The Morgan fingerprint density at radius 2 is 1.91 bits per heavy atom. The summed E-state index contributed by atoms with van der Waals surface area (Å²) in [7, 11) is 0. The van der Waals surface area contributed by atoms with Crippen LogP contribution in [0, 0.1) is 6.92 Å². The lowest BCUT2D eigenvalue weighted by Crippen LogP contribution is -2.36. The van der Waals surface area contributed by atoms with E-state index in [4.69, 9.17) is 11.6 Å². The van der Waals surface area contributed by atoms with Gasteiger partial charge in [0.1, 0.15) is 11.3 Å².